The Morgan fingerprint density at radius 1 is 1.50 bits per heavy atom. The normalized spacial score (nSPS) is 22.4. The van der Waals surface area contributed by atoms with Gasteiger partial charge in [0.15, 0.2) is 0 Å². The molecule has 5 heteroatoms. The molecule has 5 nitrogen and oxygen atoms in total. The third-order valence-corrected chi connectivity index (χ3v) is 4.10. The summed E-state index contributed by atoms with van der Waals surface area (Å²) in [5, 5.41) is 0. The van der Waals surface area contributed by atoms with E-state index < -0.39 is 0 Å². The van der Waals surface area contributed by atoms with E-state index in [1.54, 1.807) is 0 Å². The minimum atomic E-state index is -0.0682. The lowest BCUT2D eigenvalue weighted by atomic mass is 10.1. The van der Waals surface area contributed by atoms with Crippen molar-refractivity contribution < 1.29 is 4.79 Å². The van der Waals surface area contributed by atoms with Gasteiger partial charge in [0.1, 0.15) is 0 Å². The number of amides is 1. The Morgan fingerprint density at radius 2 is 2.17 bits per heavy atom. The standard InChI is InChI=1S/C13H28N4O/c1-4-16(5-2)12-8-9-17(10-12)11(3)6-7-13(18)15-14/h11-12H,4-10,14H2,1-3H3,(H,15,18). The largest absolute Gasteiger partial charge is 0.300 e. The second kappa shape index (κ2) is 7.71. The molecule has 0 radical (unpaired) electrons. The van der Waals surface area contributed by atoms with Crippen LogP contribution in [0.4, 0.5) is 0 Å². The van der Waals surface area contributed by atoms with Crippen LogP contribution in [0.2, 0.25) is 0 Å². The Bertz CT molecular complexity index is 255. The van der Waals surface area contributed by atoms with Gasteiger partial charge in [-0.25, -0.2) is 5.84 Å². The van der Waals surface area contributed by atoms with Crippen molar-refractivity contribution in [2.75, 3.05) is 26.2 Å². The minimum Gasteiger partial charge on any atom is -0.300 e. The van der Waals surface area contributed by atoms with Crippen molar-refractivity contribution >= 4 is 5.91 Å². The van der Waals surface area contributed by atoms with Crippen LogP contribution in [-0.2, 0) is 4.79 Å². The average Bonchev–Trinajstić information content (AvgIpc) is 2.86. The molecule has 2 unspecified atom stereocenters. The molecular formula is C13H28N4O. The summed E-state index contributed by atoms with van der Waals surface area (Å²) in [6.45, 7) is 11.2. The summed E-state index contributed by atoms with van der Waals surface area (Å²) < 4.78 is 0. The highest BCUT2D eigenvalue weighted by atomic mass is 16.2. The lowest BCUT2D eigenvalue weighted by molar-refractivity contribution is -0.121. The predicted octanol–water partition coefficient (Wildman–Crippen LogP) is 0.561. The van der Waals surface area contributed by atoms with Crippen LogP contribution in [0.25, 0.3) is 0 Å². The average molecular weight is 256 g/mol. The van der Waals surface area contributed by atoms with Gasteiger partial charge in [0.2, 0.25) is 5.91 Å². The second-order valence-electron chi connectivity index (χ2n) is 5.11. The number of likely N-dealkylation sites (tertiary alicyclic amines) is 1. The van der Waals surface area contributed by atoms with Crippen molar-refractivity contribution in [1.82, 2.24) is 15.2 Å². The van der Waals surface area contributed by atoms with Crippen LogP contribution in [0.5, 0.6) is 0 Å². The number of hydrogen-bond acceptors (Lipinski definition) is 4. The third-order valence-electron chi connectivity index (χ3n) is 4.10. The molecule has 1 rings (SSSR count). The highest BCUT2D eigenvalue weighted by Gasteiger charge is 2.28. The molecular weight excluding hydrogens is 228 g/mol. The van der Waals surface area contributed by atoms with E-state index in [0.29, 0.717) is 18.5 Å². The molecule has 18 heavy (non-hydrogen) atoms. The fourth-order valence-corrected chi connectivity index (χ4v) is 2.80. The Morgan fingerprint density at radius 3 is 2.72 bits per heavy atom. The lowest BCUT2D eigenvalue weighted by Gasteiger charge is -2.28. The second-order valence-corrected chi connectivity index (χ2v) is 5.11. The Balaban J connectivity index is 2.34. The zero-order valence-corrected chi connectivity index (χ0v) is 12.0. The van der Waals surface area contributed by atoms with E-state index in [-0.39, 0.29) is 5.91 Å². The number of nitrogens with two attached hydrogens (primary N) is 1. The van der Waals surface area contributed by atoms with E-state index in [9.17, 15) is 4.79 Å². The summed E-state index contributed by atoms with van der Waals surface area (Å²) in [5.74, 6) is 5.02. The number of carbonyl (C=O) groups is 1. The maximum Gasteiger partial charge on any atom is 0.233 e. The van der Waals surface area contributed by atoms with Crippen molar-refractivity contribution in [3.05, 3.63) is 0 Å². The van der Waals surface area contributed by atoms with Gasteiger partial charge in [-0.1, -0.05) is 13.8 Å². The van der Waals surface area contributed by atoms with Crippen LogP contribution in [0.15, 0.2) is 0 Å². The first kappa shape index (κ1) is 15.4. The zero-order chi connectivity index (χ0) is 13.5. The van der Waals surface area contributed by atoms with Gasteiger partial charge in [-0.05, 0) is 32.9 Å². The molecule has 1 amide bonds. The van der Waals surface area contributed by atoms with Crippen LogP contribution in [0.3, 0.4) is 0 Å². The van der Waals surface area contributed by atoms with Gasteiger partial charge in [-0.2, -0.15) is 0 Å². The SMILES string of the molecule is CCN(CC)C1CCN(C(C)CCC(=O)NN)C1. The summed E-state index contributed by atoms with van der Waals surface area (Å²) in [4.78, 5) is 16.2. The van der Waals surface area contributed by atoms with Crippen LogP contribution >= 0.6 is 0 Å². The van der Waals surface area contributed by atoms with Crippen molar-refractivity contribution in [2.24, 2.45) is 5.84 Å². The van der Waals surface area contributed by atoms with Gasteiger partial charge in [-0.15, -0.1) is 0 Å². The molecule has 1 heterocycles. The molecule has 106 valence electrons. The van der Waals surface area contributed by atoms with E-state index in [0.717, 1.165) is 32.6 Å². The van der Waals surface area contributed by atoms with Crippen molar-refractivity contribution in [3.63, 3.8) is 0 Å². The smallest absolute Gasteiger partial charge is 0.233 e. The monoisotopic (exact) mass is 256 g/mol. The molecule has 0 aromatic carbocycles. The van der Waals surface area contributed by atoms with Crippen molar-refractivity contribution in [2.45, 2.75) is 52.1 Å². The van der Waals surface area contributed by atoms with E-state index in [2.05, 4.69) is 36.0 Å². The molecule has 0 bridgehead atoms. The number of carbonyl (C=O) groups excluding carboxylic acids is 1. The summed E-state index contributed by atoms with van der Waals surface area (Å²) in [7, 11) is 0. The highest BCUT2D eigenvalue weighted by Crippen LogP contribution is 2.19. The fourth-order valence-electron chi connectivity index (χ4n) is 2.80. The van der Waals surface area contributed by atoms with Crippen molar-refractivity contribution in [1.29, 1.82) is 0 Å². The lowest BCUT2D eigenvalue weighted by Crippen LogP contribution is -2.39. The first-order valence-electron chi connectivity index (χ1n) is 7.09. The number of nitrogens with one attached hydrogen (secondary N) is 1. The Labute approximate surface area is 111 Å². The third kappa shape index (κ3) is 4.23. The molecule has 0 spiro atoms. The molecule has 0 saturated carbocycles. The molecule has 0 aliphatic carbocycles. The molecule has 2 atom stereocenters. The fraction of sp³-hybridized carbons (Fsp3) is 0.923. The van der Waals surface area contributed by atoms with Crippen molar-refractivity contribution in [3.8, 4) is 0 Å². The Kier molecular flexibility index (Phi) is 6.60. The first-order valence-corrected chi connectivity index (χ1v) is 7.09. The van der Waals surface area contributed by atoms with E-state index >= 15 is 0 Å². The number of rotatable bonds is 7. The van der Waals surface area contributed by atoms with Crippen LogP contribution in [0.1, 0.15) is 40.0 Å². The van der Waals surface area contributed by atoms with Crippen LogP contribution in [0, 0.1) is 0 Å². The topological polar surface area (TPSA) is 61.6 Å². The molecule has 1 fully saturated rings. The maximum absolute atomic E-state index is 11.1. The van der Waals surface area contributed by atoms with Crippen LogP contribution < -0.4 is 11.3 Å². The zero-order valence-electron chi connectivity index (χ0n) is 12.0. The summed E-state index contributed by atoms with van der Waals surface area (Å²) in [6.07, 6.45) is 2.65. The van der Waals surface area contributed by atoms with Gasteiger partial charge >= 0.3 is 0 Å². The Hall–Kier alpha value is -0.650. The maximum atomic E-state index is 11.1. The highest BCUT2D eigenvalue weighted by molar-refractivity contribution is 5.75. The van der Waals surface area contributed by atoms with Gasteiger partial charge in [-0.3, -0.25) is 20.0 Å². The quantitative estimate of drug-likeness (QED) is 0.397. The van der Waals surface area contributed by atoms with E-state index in [1.807, 2.05) is 0 Å². The molecule has 1 aliphatic rings. The summed E-state index contributed by atoms with van der Waals surface area (Å²) >= 11 is 0. The van der Waals surface area contributed by atoms with E-state index in [1.165, 1.54) is 6.42 Å². The van der Waals surface area contributed by atoms with Gasteiger partial charge in [0, 0.05) is 31.6 Å². The minimum absolute atomic E-state index is 0.0682. The number of nitrogens with zero attached hydrogens (tertiary/aromatic N) is 2. The molecule has 1 saturated heterocycles. The molecule has 0 aromatic heterocycles. The molecule has 3 N–H and O–H groups in total. The van der Waals surface area contributed by atoms with Gasteiger partial charge in [0.25, 0.3) is 0 Å². The van der Waals surface area contributed by atoms with E-state index in [4.69, 9.17) is 5.84 Å². The summed E-state index contributed by atoms with van der Waals surface area (Å²) in [6, 6.07) is 1.15. The molecule has 1 aliphatic heterocycles. The van der Waals surface area contributed by atoms with Gasteiger partial charge < -0.3 is 0 Å². The summed E-state index contributed by atoms with van der Waals surface area (Å²) in [5.41, 5.74) is 2.19. The number of likely N-dealkylation sites (N-methyl/N-ethyl adjacent to an activating group) is 1. The van der Waals surface area contributed by atoms with Crippen LogP contribution in [-0.4, -0.2) is 54.0 Å². The van der Waals surface area contributed by atoms with Gasteiger partial charge in [0.05, 0.1) is 0 Å². The predicted molar refractivity (Wildman–Crippen MR) is 73.9 cm³/mol. The number of hydrogen-bond donors (Lipinski definition) is 2. The first-order chi connectivity index (χ1) is 8.62. The molecule has 0 aromatic rings. The number of hydrazine groups is 1.